The third kappa shape index (κ3) is 3.25. The molecule has 0 aliphatic rings. The smallest absolute Gasteiger partial charge is 0.0767 e. The van der Waals surface area contributed by atoms with Crippen molar-refractivity contribution in [3.8, 4) is 0 Å². The summed E-state index contributed by atoms with van der Waals surface area (Å²) in [6, 6.07) is 9.42. The fraction of sp³-hybridized carbons (Fsp3) is 0.300. The Labute approximate surface area is 79.1 Å². The van der Waals surface area contributed by atoms with E-state index in [1.165, 1.54) is 0 Å². The van der Waals surface area contributed by atoms with Crippen molar-refractivity contribution in [2.45, 2.75) is 0 Å². The summed E-state index contributed by atoms with van der Waals surface area (Å²) in [5, 5.41) is 9.65. The minimum atomic E-state index is 0.202. The van der Waals surface area contributed by atoms with E-state index in [0.717, 1.165) is 5.56 Å². The van der Waals surface area contributed by atoms with Gasteiger partial charge in [-0.3, -0.25) is 4.59 Å². The number of nitrogens with zero attached hydrogens (tertiary/aromatic N) is 2. The van der Waals surface area contributed by atoms with Crippen LogP contribution >= 0.6 is 0 Å². The summed E-state index contributed by atoms with van der Waals surface area (Å²) in [5.41, 5.74) is 3.75. The maximum atomic E-state index is 9.65. The maximum absolute atomic E-state index is 9.65. The molecule has 0 radical (unpaired) electrons. The Hall–Kier alpha value is -1.35. The number of hydrogen-bond donors (Lipinski definition) is 1. The summed E-state index contributed by atoms with van der Waals surface area (Å²) in [5.74, 6) is 0.202. The number of amidine groups is 1. The summed E-state index contributed by atoms with van der Waals surface area (Å²) >= 11 is 0. The highest BCUT2D eigenvalue weighted by molar-refractivity contribution is 6.00. The van der Waals surface area contributed by atoms with Gasteiger partial charge in [0, 0.05) is 0 Å². The second kappa shape index (κ2) is 3.58. The average Bonchev–Trinajstić information content (AvgIpc) is 2.03. The number of benzene rings is 1. The zero-order valence-corrected chi connectivity index (χ0v) is 8.28. The van der Waals surface area contributed by atoms with Crippen molar-refractivity contribution in [2.24, 2.45) is 0 Å². The van der Waals surface area contributed by atoms with Gasteiger partial charge in [0.05, 0.1) is 21.1 Å². The van der Waals surface area contributed by atoms with E-state index in [1.54, 1.807) is 0 Å². The van der Waals surface area contributed by atoms with E-state index in [-0.39, 0.29) is 5.84 Å². The van der Waals surface area contributed by atoms with Crippen molar-refractivity contribution < 1.29 is 4.59 Å². The van der Waals surface area contributed by atoms with Crippen molar-refractivity contribution in [2.75, 3.05) is 21.1 Å². The van der Waals surface area contributed by atoms with Gasteiger partial charge in [0.25, 0.3) is 0 Å². The molecule has 0 saturated heterocycles. The summed E-state index contributed by atoms with van der Waals surface area (Å²) in [7, 11) is 5.83. The molecule has 0 aliphatic carbocycles. The van der Waals surface area contributed by atoms with Crippen LogP contribution in [0.1, 0.15) is 5.56 Å². The van der Waals surface area contributed by atoms with Gasteiger partial charge in [-0.05, 0) is 11.4 Å². The van der Waals surface area contributed by atoms with Crippen LogP contribution in [0.3, 0.4) is 0 Å². The molecule has 1 rings (SSSR count). The van der Waals surface area contributed by atoms with E-state index in [0.29, 0.717) is 4.59 Å². The molecule has 0 aromatic heterocycles. The van der Waals surface area contributed by atoms with Gasteiger partial charge in [-0.25, -0.2) is 0 Å². The second-order valence-electron chi connectivity index (χ2n) is 3.84. The molecule has 0 saturated carbocycles. The molecule has 0 heterocycles. The molecule has 0 amide bonds. The Bertz CT molecular complexity index is 285. The predicted molar refractivity (Wildman–Crippen MR) is 55.1 cm³/mol. The molecule has 0 unspecified atom stereocenters. The fourth-order valence-electron chi connectivity index (χ4n) is 0.978. The largest absolute Gasteiger partial charge is 0.461 e. The average molecular weight is 177 g/mol. The van der Waals surface area contributed by atoms with E-state index in [9.17, 15) is 5.41 Å². The third-order valence-corrected chi connectivity index (χ3v) is 1.49. The molecule has 0 spiro atoms. The van der Waals surface area contributed by atoms with Crippen LogP contribution < -0.4 is 5.43 Å². The normalized spacial score (nSPS) is 11.0. The molecule has 1 aromatic carbocycles. The summed E-state index contributed by atoms with van der Waals surface area (Å²) in [6.45, 7) is 0. The number of nitrogens with one attached hydrogen (secondary N) is 1. The van der Waals surface area contributed by atoms with Gasteiger partial charge in [-0.2, -0.15) is 0 Å². The summed E-state index contributed by atoms with van der Waals surface area (Å²) in [6.07, 6.45) is 0. The van der Waals surface area contributed by atoms with Crippen LogP contribution in [0.25, 0.3) is 5.41 Å². The Balaban J connectivity index is 2.71. The highest BCUT2D eigenvalue weighted by Crippen LogP contribution is 1.99. The molecule has 0 aliphatic heterocycles. The predicted octanol–water partition coefficient (Wildman–Crippen LogP) is 1.21. The zero-order valence-electron chi connectivity index (χ0n) is 8.28. The van der Waals surface area contributed by atoms with Gasteiger partial charge in [-0.15, -0.1) is 0 Å². The van der Waals surface area contributed by atoms with Crippen molar-refractivity contribution in [3.05, 3.63) is 41.3 Å². The fourth-order valence-corrected chi connectivity index (χ4v) is 0.978. The molecule has 0 fully saturated rings. The van der Waals surface area contributed by atoms with Crippen LogP contribution in [-0.4, -0.2) is 31.6 Å². The van der Waals surface area contributed by atoms with Gasteiger partial charge >= 0.3 is 0 Å². The van der Waals surface area contributed by atoms with Crippen LogP contribution in [0, 0.1) is 0 Å². The first-order valence-corrected chi connectivity index (χ1v) is 4.20. The SMILES string of the molecule is C[N+](C)(C)NC(=[N-])c1ccccc1. The molecule has 1 N–H and O–H groups in total. The zero-order chi connectivity index (χ0) is 9.90. The molecule has 3 heteroatoms. The van der Waals surface area contributed by atoms with Gasteiger partial charge in [0.15, 0.2) is 0 Å². The van der Waals surface area contributed by atoms with Crippen LogP contribution in [0.5, 0.6) is 0 Å². The molecule has 0 bridgehead atoms. The van der Waals surface area contributed by atoms with E-state index < -0.39 is 0 Å². The Kier molecular flexibility index (Phi) is 2.68. The lowest BCUT2D eigenvalue weighted by Crippen LogP contribution is -2.50. The van der Waals surface area contributed by atoms with Crippen molar-refractivity contribution >= 4 is 5.84 Å². The lowest BCUT2D eigenvalue weighted by Gasteiger charge is -2.32. The number of rotatable bonds is 2. The molecule has 13 heavy (non-hydrogen) atoms. The van der Waals surface area contributed by atoms with E-state index in [4.69, 9.17) is 0 Å². The van der Waals surface area contributed by atoms with Crippen molar-refractivity contribution in [3.63, 3.8) is 0 Å². The Morgan fingerprint density at radius 1 is 1.15 bits per heavy atom. The molecule has 70 valence electrons. The third-order valence-electron chi connectivity index (χ3n) is 1.49. The Morgan fingerprint density at radius 3 is 2.15 bits per heavy atom. The minimum absolute atomic E-state index is 0.202. The summed E-state index contributed by atoms with van der Waals surface area (Å²) in [4.78, 5) is 0. The van der Waals surface area contributed by atoms with Crippen LogP contribution in [0.15, 0.2) is 30.3 Å². The minimum Gasteiger partial charge on any atom is -0.461 e. The monoisotopic (exact) mass is 177 g/mol. The molecule has 3 nitrogen and oxygen atoms in total. The molecular formula is C10H15N3. The van der Waals surface area contributed by atoms with Crippen molar-refractivity contribution in [1.29, 1.82) is 0 Å². The van der Waals surface area contributed by atoms with E-state index in [2.05, 4.69) is 5.43 Å². The number of hydrogen-bond acceptors (Lipinski definition) is 0. The summed E-state index contributed by atoms with van der Waals surface area (Å²) < 4.78 is 0.487. The highest BCUT2D eigenvalue weighted by Gasteiger charge is 2.02. The first kappa shape index (κ1) is 9.74. The first-order chi connectivity index (χ1) is 5.99. The highest BCUT2D eigenvalue weighted by atomic mass is 15.6. The topological polar surface area (TPSA) is 34.3 Å². The lowest BCUT2D eigenvalue weighted by atomic mass is 10.2. The van der Waals surface area contributed by atoms with Gasteiger partial charge < -0.3 is 10.8 Å². The quantitative estimate of drug-likeness (QED) is 0.313. The van der Waals surface area contributed by atoms with Crippen LogP contribution in [0.2, 0.25) is 0 Å². The standard InChI is InChI=1S/C10H15N3/c1-13(2,3)12-10(11)9-7-5-4-6-8-9/h4-8H,1-3H3,(H-,11,12). The first-order valence-electron chi connectivity index (χ1n) is 4.20. The van der Waals surface area contributed by atoms with Crippen LogP contribution in [0.4, 0.5) is 0 Å². The lowest BCUT2D eigenvalue weighted by molar-refractivity contribution is -0.904. The molecule has 1 aromatic rings. The maximum Gasteiger partial charge on any atom is 0.0767 e. The molecule has 0 atom stereocenters. The van der Waals surface area contributed by atoms with Crippen molar-refractivity contribution in [1.82, 2.24) is 5.43 Å². The second-order valence-corrected chi connectivity index (χ2v) is 3.84. The number of quaternary nitrogens is 1. The van der Waals surface area contributed by atoms with Gasteiger partial charge in [0.1, 0.15) is 0 Å². The van der Waals surface area contributed by atoms with E-state index in [1.807, 2.05) is 51.5 Å². The van der Waals surface area contributed by atoms with Gasteiger partial charge in [-0.1, -0.05) is 30.3 Å². The van der Waals surface area contributed by atoms with Gasteiger partial charge in [0.2, 0.25) is 0 Å². The van der Waals surface area contributed by atoms with Crippen LogP contribution in [-0.2, 0) is 0 Å². The van der Waals surface area contributed by atoms with E-state index >= 15 is 0 Å². The Morgan fingerprint density at radius 2 is 1.69 bits per heavy atom. The molecular weight excluding hydrogens is 162 g/mol.